The molecule has 4 aromatic rings. The van der Waals surface area contributed by atoms with E-state index in [4.69, 9.17) is 0 Å². The third-order valence-corrected chi connectivity index (χ3v) is 13.7. The number of benzene rings is 4. The highest BCUT2D eigenvalue weighted by Gasteiger charge is 2.54. The zero-order chi connectivity index (χ0) is 31.0. The van der Waals surface area contributed by atoms with Crippen LogP contribution in [0, 0.1) is 32.6 Å². The Morgan fingerprint density at radius 1 is 0.659 bits per heavy atom. The fraction of sp³-hybridized carbons (Fsp3) is 0.359. The topological polar surface area (TPSA) is 51.2 Å². The molecule has 0 radical (unpaired) electrons. The summed E-state index contributed by atoms with van der Waals surface area (Å²) in [6.45, 7) is 8.27. The lowest BCUT2D eigenvalue weighted by Gasteiger charge is -2.49. The van der Waals surface area contributed by atoms with Gasteiger partial charge in [-0.25, -0.2) is 8.42 Å². The van der Waals surface area contributed by atoms with Gasteiger partial charge in [-0.1, -0.05) is 96.4 Å². The minimum atomic E-state index is -3.74. The first-order valence-electron chi connectivity index (χ1n) is 15.9. The quantitative estimate of drug-likeness (QED) is 0.206. The summed E-state index contributed by atoms with van der Waals surface area (Å²) in [6, 6.07) is 32.9. The number of fused-ring (bicyclic) bond motifs is 1. The van der Waals surface area contributed by atoms with E-state index >= 15 is 0 Å². The van der Waals surface area contributed by atoms with Gasteiger partial charge in [-0.2, -0.15) is 0 Å². The van der Waals surface area contributed by atoms with Crippen molar-refractivity contribution < 1.29 is 13.2 Å². The Kier molecular flexibility index (Phi) is 8.90. The summed E-state index contributed by atoms with van der Waals surface area (Å²) in [6.07, 6.45) is 2.59. The molecule has 2 fully saturated rings. The molecule has 0 aliphatic heterocycles. The molecule has 2 saturated carbocycles. The van der Waals surface area contributed by atoms with Gasteiger partial charge in [0.2, 0.25) is 0 Å². The second kappa shape index (κ2) is 12.7. The van der Waals surface area contributed by atoms with E-state index in [1.54, 1.807) is 12.1 Å². The normalized spacial score (nSPS) is 25.4. The lowest BCUT2D eigenvalue weighted by atomic mass is 9.61. The molecule has 0 heterocycles. The van der Waals surface area contributed by atoms with Crippen LogP contribution >= 0.6 is 11.8 Å². The Morgan fingerprint density at radius 2 is 1.18 bits per heavy atom. The Bertz CT molecular complexity index is 1710. The van der Waals surface area contributed by atoms with Gasteiger partial charge in [0.15, 0.2) is 9.84 Å². The minimum Gasteiger partial charge on any atom is -0.299 e. The number of thioether (sulfide) groups is 1. The van der Waals surface area contributed by atoms with Crippen molar-refractivity contribution in [3.05, 3.63) is 130 Å². The van der Waals surface area contributed by atoms with Gasteiger partial charge in [-0.15, -0.1) is 11.8 Å². The van der Waals surface area contributed by atoms with E-state index in [-0.39, 0.29) is 41.1 Å². The van der Waals surface area contributed by atoms with Crippen LogP contribution in [-0.4, -0.2) is 24.7 Å². The Balaban J connectivity index is 1.45. The first kappa shape index (κ1) is 30.9. The molecule has 6 atom stereocenters. The third-order valence-electron chi connectivity index (χ3n) is 9.97. The van der Waals surface area contributed by atoms with E-state index in [0.29, 0.717) is 17.7 Å². The smallest absolute Gasteiger partial charge is 0.182 e. The number of aryl methyl sites for hydroxylation is 4. The van der Waals surface area contributed by atoms with E-state index in [9.17, 15) is 13.2 Å². The van der Waals surface area contributed by atoms with E-state index in [1.807, 2.05) is 62.0 Å². The van der Waals surface area contributed by atoms with Crippen LogP contribution in [0.3, 0.4) is 0 Å². The molecule has 2 aliphatic rings. The second-order valence-electron chi connectivity index (χ2n) is 12.9. The van der Waals surface area contributed by atoms with Crippen molar-refractivity contribution in [2.45, 2.75) is 85.5 Å². The average molecular weight is 623 g/mol. The van der Waals surface area contributed by atoms with Gasteiger partial charge in [-0.05, 0) is 92.8 Å². The Morgan fingerprint density at radius 3 is 1.77 bits per heavy atom. The van der Waals surface area contributed by atoms with Crippen molar-refractivity contribution in [2.75, 3.05) is 0 Å². The summed E-state index contributed by atoms with van der Waals surface area (Å²) in [4.78, 5) is 15.7. The van der Waals surface area contributed by atoms with Crippen LogP contribution in [0.5, 0.6) is 0 Å². The van der Waals surface area contributed by atoms with E-state index in [0.717, 1.165) is 23.1 Å². The predicted octanol–water partition coefficient (Wildman–Crippen LogP) is 9.04. The molecular formula is C39H42O3S2. The van der Waals surface area contributed by atoms with Crippen molar-refractivity contribution in [3.8, 4) is 0 Å². The molecule has 228 valence electrons. The molecule has 4 unspecified atom stereocenters. The lowest BCUT2D eigenvalue weighted by molar-refractivity contribution is -0.128. The first-order valence-corrected chi connectivity index (χ1v) is 18.3. The van der Waals surface area contributed by atoms with Gasteiger partial charge < -0.3 is 0 Å². The van der Waals surface area contributed by atoms with Gasteiger partial charge >= 0.3 is 0 Å². The number of carbonyl (C=O) groups is 1. The number of hydrogen-bond donors (Lipinski definition) is 0. The van der Waals surface area contributed by atoms with Crippen molar-refractivity contribution in [3.63, 3.8) is 0 Å². The van der Waals surface area contributed by atoms with E-state index in [2.05, 4.69) is 62.4 Å². The molecule has 0 amide bonds. The Hall–Kier alpha value is -3.15. The van der Waals surface area contributed by atoms with Crippen molar-refractivity contribution in [1.82, 2.24) is 0 Å². The zero-order valence-electron chi connectivity index (χ0n) is 26.1. The summed E-state index contributed by atoms with van der Waals surface area (Å²) in [5.74, 6) is -0.574. The van der Waals surface area contributed by atoms with Crippen LogP contribution in [0.15, 0.2) is 107 Å². The van der Waals surface area contributed by atoms with Crippen molar-refractivity contribution >= 4 is 27.4 Å². The summed E-state index contributed by atoms with van der Waals surface area (Å²) in [7, 11) is -3.74. The molecular weight excluding hydrogens is 581 g/mol. The zero-order valence-corrected chi connectivity index (χ0v) is 27.7. The van der Waals surface area contributed by atoms with Crippen LogP contribution in [0.1, 0.15) is 71.4 Å². The monoisotopic (exact) mass is 622 g/mol. The SMILES string of the molecule is CCc1ccc(C2C[C@@H]3C(S(=O)(=O)c4ccc(C)cc4)C(c4ccc(C)cc4)CC(=O)[C@@H]3CC2Sc2ccc(C)cc2)cc1. The fourth-order valence-corrected chi connectivity index (χ4v) is 11.1. The fourth-order valence-electron chi connectivity index (χ4n) is 7.44. The minimum absolute atomic E-state index is 0.133. The average Bonchev–Trinajstić information content (AvgIpc) is 3.02. The number of rotatable bonds is 7. The number of Topliss-reactive ketones (excluding diaryl/α,β-unsaturated/α-hetero) is 1. The van der Waals surface area contributed by atoms with Crippen molar-refractivity contribution in [2.24, 2.45) is 11.8 Å². The van der Waals surface area contributed by atoms with Crippen LogP contribution in [-0.2, 0) is 21.1 Å². The van der Waals surface area contributed by atoms with Crippen LogP contribution in [0.25, 0.3) is 0 Å². The number of hydrogen-bond acceptors (Lipinski definition) is 4. The summed E-state index contributed by atoms with van der Waals surface area (Å²) < 4.78 is 29.5. The van der Waals surface area contributed by atoms with Gasteiger partial charge in [0.05, 0.1) is 10.1 Å². The maximum atomic E-state index is 14.7. The molecule has 0 aromatic heterocycles. The molecule has 3 nitrogen and oxygen atoms in total. The van der Waals surface area contributed by atoms with Gasteiger partial charge in [0, 0.05) is 28.4 Å². The maximum Gasteiger partial charge on any atom is 0.182 e. The molecule has 5 heteroatoms. The number of ketones is 1. The van der Waals surface area contributed by atoms with Gasteiger partial charge in [-0.3, -0.25) is 4.79 Å². The molecule has 2 aliphatic carbocycles. The van der Waals surface area contributed by atoms with Crippen molar-refractivity contribution in [1.29, 1.82) is 0 Å². The molecule has 0 saturated heterocycles. The van der Waals surface area contributed by atoms with Gasteiger partial charge in [0.25, 0.3) is 0 Å². The second-order valence-corrected chi connectivity index (χ2v) is 16.3. The summed E-state index contributed by atoms with van der Waals surface area (Å²) in [5, 5.41) is -0.493. The number of carbonyl (C=O) groups excluding carboxylic acids is 1. The molecule has 0 spiro atoms. The highest BCUT2D eigenvalue weighted by atomic mass is 32.2. The molecule has 0 N–H and O–H groups in total. The molecule has 44 heavy (non-hydrogen) atoms. The summed E-state index contributed by atoms with van der Waals surface area (Å²) >= 11 is 1.85. The summed E-state index contributed by atoms with van der Waals surface area (Å²) in [5.41, 5.74) is 6.84. The highest BCUT2D eigenvalue weighted by molar-refractivity contribution is 8.00. The Labute approximate surface area is 267 Å². The molecule has 4 aromatic carbocycles. The van der Waals surface area contributed by atoms with Gasteiger partial charge in [0.1, 0.15) is 5.78 Å². The van der Waals surface area contributed by atoms with Crippen LogP contribution in [0.4, 0.5) is 0 Å². The van der Waals surface area contributed by atoms with Crippen LogP contribution < -0.4 is 0 Å². The first-order chi connectivity index (χ1) is 21.1. The standard InChI is InChI=1S/C39H42O3S2/c1-5-28-12-16-29(17-13-28)33-22-36-35(24-38(33)43-31-18-8-26(3)9-19-31)37(40)23-34(30-14-6-25(2)7-15-30)39(36)44(41,42)32-20-10-27(4)11-21-32/h6-21,33-36,38-39H,5,22-24H2,1-4H3/t33?,34?,35-,36+,38?,39?/m1/s1. The predicted molar refractivity (Wildman–Crippen MR) is 181 cm³/mol. The molecule has 0 bridgehead atoms. The lowest BCUT2D eigenvalue weighted by Crippen LogP contribution is -2.51. The molecule has 6 rings (SSSR count). The van der Waals surface area contributed by atoms with E-state index < -0.39 is 15.1 Å². The third kappa shape index (κ3) is 6.19. The number of sulfone groups is 1. The largest absolute Gasteiger partial charge is 0.299 e. The highest BCUT2D eigenvalue weighted by Crippen LogP contribution is 2.55. The van der Waals surface area contributed by atoms with E-state index in [1.165, 1.54) is 21.6 Å². The maximum absolute atomic E-state index is 14.7. The van der Waals surface area contributed by atoms with Crippen LogP contribution in [0.2, 0.25) is 0 Å².